The van der Waals surface area contributed by atoms with E-state index in [1.807, 2.05) is 30.5 Å². The van der Waals surface area contributed by atoms with Gasteiger partial charge in [-0.1, -0.05) is 51.2 Å². The zero-order chi connectivity index (χ0) is 15.7. The number of rotatable bonds is 6. The standard InChI is InChI=1S/C16H25NO2SSi/c1-5-8-14-13-17(16-10-7-6-9-15(14)16)20(18,19)11-12-21(2,3)4/h6-7,9-10,13H,5,8,11-12H2,1-4H3. The van der Waals surface area contributed by atoms with E-state index < -0.39 is 18.1 Å². The number of hydrogen-bond donors (Lipinski definition) is 0. The average Bonchev–Trinajstić information content (AvgIpc) is 2.77. The molecule has 0 saturated heterocycles. The van der Waals surface area contributed by atoms with Crippen molar-refractivity contribution in [2.24, 2.45) is 0 Å². The van der Waals surface area contributed by atoms with Crippen LogP contribution in [0.5, 0.6) is 0 Å². The maximum absolute atomic E-state index is 12.7. The normalized spacial score (nSPS) is 13.0. The van der Waals surface area contributed by atoms with Gasteiger partial charge < -0.3 is 0 Å². The number of aryl methyl sites for hydroxylation is 1. The number of para-hydroxylation sites is 1. The van der Waals surface area contributed by atoms with Crippen LogP contribution in [0, 0.1) is 0 Å². The smallest absolute Gasteiger partial charge is 0.238 e. The van der Waals surface area contributed by atoms with Crippen molar-refractivity contribution in [2.45, 2.75) is 45.5 Å². The van der Waals surface area contributed by atoms with Crippen molar-refractivity contribution >= 4 is 29.0 Å². The first-order valence-corrected chi connectivity index (χ1v) is 12.9. The molecule has 2 aromatic rings. The Labute approximate surface area is 129 Å². The van der Waals surface area contributed by atoms with Crippen LogP contribution in [0.4, 0.5) is 0 Å². The van der Waals surface area contributed by atoms with E-state index in [4.69, 9.17) is 0 Å². The van der Waals surface area contributed by atoms with Gasteiger partial charge in [-0.05, 0) is 24.1 Å². The molecule has 116 valence electrons. The fourth-order valence-electron chi connectivity index (χ4n) is 2.45. The van der Waals surface area contributed by atoms with E-state index in [0.717, 1.165) is 35.4 Å². The molecular formula is C16H25NO2SSi. The molecule has 1 aromatic heterocycles. The minimum Gasteiger partial charge on any atom is -0.245 e. The van der Waals surface area contributed by atoms with Crippen molar-refractivity contribution in [1.29, 1.82) is 0 Å². The van der Waals surface area contributed by atoms with Crippen LogP contribution in [0.15, 0.2) is 30.5 Å². The summed E-state index contributed by atoms with van der Waals surface area (Å²) in [7, 11) is -4.63. The third-order valence-corrected chi connectivity index (χ3v) is 7.42. The van der Waals surface area contributed by atoms with Crippen molar-refractivity contribution < 1.29 is 8.42 Å². The maximum Gasteiger partial charge on any atom is 0.238 e. The molecule has 2 rings (SSSR count). The predicted molar refractivity (Wildman–Crippen MR) is 93.3 cm³/mol. The minimum atomic E-state index is -3.27. The molecule has 1 aromatic carbocycles. The monoisotopic (exact) mass is 323 g/mol. The Morgan fingerprint density at radius 3 is 2.43 bits per heavy atom. The van der Waals surface area contributed by atoms with Crippen LogP contribution < -0.4 is 0 Å². The van der Waals surface area contributed by atoms with Gasteiger partial charge in [-0.25, -0.2) is 12.4 Å². The Kier molecular flexibility index (Phi) is 4.63. The third kappa shape index (κ3) is 3.77. The third-order valence-electron chi connectivity index (χ3n) is 3.69. The van der Waals surface area contributed by atoms with Crippen LogP contribution in [-0.2, 0) is 16.4 Å². The molecule has 0 bridgehead atoms. The van der Waals surface area contributed by atoms with Crippen molar-refractivity contribution in [2.75, 3.05) is 5.75 Å². The molecule has 0 amide bonds. The SMILES string of the molecule is CCCc1cn(S(=O)(=O)CC[Si](C)(C)C)c2ccccc12. The van der Waals surface area contributed by atoms with E-state index in [1.54, 1.807) is 0 Å². The van der Waals surface area contributed by atoms with E-state index in [1.165, 1.54) is 3.97 Å². The summed E-state index contributed by atoms with van der Waals surface area (Å²) in [5.41, 5.74) is 1.95. The topological polar surface area (TPSA) is 39.1 Å². The van der Waals surface area contributed by atoms with Gasteiger partial charge >= 0.3 is 0 Å². The highest BCUT2D eigenvalue weighted by Gasteiger charge is 2.22. The maximum atomic E-state index is 12.7. The van der Waals surface area contributed by atoms with Gasteiger partial charge in [-0.2, -0.15) is 0 Å². The first-order valence-electron chi connectivity index (χ1n) is 7.57. The number of aromatic nitrogens is 1. The number of fused-ring (bicyclic) bond motifs is 1. The molecule has 0 aliphatic rings. The Hall–Kier alpha value is -1.07. The number of nitrogens with zero attached hydrogens (tertiary/aromatic N) is 1. The van der Waals surface area contributed by atoms with Crippen LogP contribution in [-0.4, -0.2) is 26.2 Å². The summed E-state index contributed by atoms with van der Waals surface area (Å²) < 4.78 is 26.9. The van der Waals surface area contributed by atoms with Crippen LogP contribution in [0.1, 0.15) is 18.9 Å². The lowest BCUT2D eigenvalue weighted by Gasteiger charge is -2.16. The second-order valence-electron chi connectivity index (χ2n) is 6.84. The molecule has 0 spiro atoms. The fraction of sp³-hybridized carbons (Fsp3) is 0.500. The van der Waals surface area contributed by atoms with Crippen molar-refractivity contribution in [3.8, 4) is 0 Å². The van der Waals surface area contributed by atoms with Gasteiger partial charge in [0.2, 0.25) is 10.0 Å². The fourth-order valence-corrected chi connectivity index (χ4v) is 6.87. The van der Waals surface area contributed by atoms with Gasteiger partial charge in [0, 0.05) is 19.7 Å². The summed E-state index contributed by atoms with van der Waals surface area (Å²) in [5.74, 6) is 0.243. The lowest BCUT2D eigenvalue weighted by Crippen LogP contribution is -2.26. The van der Waals surface area contributed by atoms with Gasteiger partial charge in [0.15, 0.2) is 0 Å². The highest BCUT2D eigenvalue weighted by Crippen LogP contribution is 2.25. The second-order valence-corrected chi connectivity index (χ2v) is 14.4. The molecule has 0 saturated carbocycles. The van der Waals surface area contributed by atoms with E-state index in [2.05, 4.69) is 26.6 Å². The van der Waals surface area contributed by atoms with Crippen LogP contribution in [0.3, 0.4) is 0 Å². The highest BCUT2D eigenvalue weighted by molar-refractivity contribution is 7.90. The quantitative estimate of drug-likeness (QED) is 0.750. The summed E-state index contributed by atoms with van der Waals surface area (Å²) in [6.45, 7) is 8.74. The summed E-state index contributed by atoms with van der Waals surface area (Å²) in [5, 5.41) is 1.07. The molecule has 0 atom stereocenters. The molecule has 0 N–H and O–H groups in total. The molecule has 21 heavy (non-hydrogen) atoms. The minimum absolute atomic E-state index is 0.243. The van der Waals surface area contributed by atoms with Gasteiger partial charge in [0.25, 0.3) is 0 Å². The zero-order valence-corrected chi connectivity index (χ0v) is 15.2. The summed E-state index contributed by atoms with van der Waals surface area (Å²) in [6, 6.07) is 8.60. The molecule has 0 unspecified atom stereocenters. The van der Waals surface area contributed by atoms with Crippen molar-refractivity contribution in [3.05, 3.63) is 36.0 Å². The number of benzene rings is 1. The lowest BCUT2D eigenvalue weighted by molar-refractivity contribution is 0.590. The Morgan fingerprint density at radius 1 is 1.14 bits per heavy atom. The summed E-state index contributed by atoms with van der Waals surface area (Å²) >= 11 is 0. The van der Waals surface area contributed by atoms with Crippen LogP contribution in [0.25, 0.3) is 10.9 Å². The van der Waals surface area contributed by atoms with Gasteiger partial charge in [0.1, 0.15) is 0 Å². The van der Waals surface area contributed by atoms with Gasteiger partial charge in [-0.3, -0.25) is 0 Å². The Balaban J connectivity index is 2.46. The largest absolute Gasteiger partial charge is 0.245 e. The van der Waals surface area contributed by atoms with E-state index >= 15 is 0 Å². The van der Waals surface area contributed by atoms with Crippen LogP contribution in [0.2, 0.25) is 25.7 Å². The lowest BCUT2D eigenvalue weighted by atomic mass is 10.1. The molecule has 0 fully saturated rings. The Morgan fingerprint density at radius 2 is 1.81 bits per heavy atom. The predicted octanol–water partition coefficient (Wildman–Crippen LogP) is 4.11. The molecular weight excluding hydrogens is 298 g/mol. The number of hydrogen-bond acceptors (Lipinski definition) is 2. The molecule has 1 heterocycles. The summed E-state index contributed by atoms with van der Waals surface area (Å²) in [4.78, 5) is 0. The van der Waals surface area contributed by atoms with E-state index in [9.17, 15) is 8.42 Å². The van der Waals surface area contributed by atoms with E-state index in [-0.39, 0.29) is 5.75 Å². The molecule has 0 aliphatic carbocycles. The summed E-state index contributed by atoms with van der Waals surface area (Å²) in [6.07, 6.45) is 3.76. The molecule has 3 nitrogen and oxygen atoms in total. The first kappa shape index (κ1) is 16.3. The van der Waals surface area contributed by atoms with Crippen LogP contribution >= 0.6 is 0 Å². The zero-order valence-electron chi connectivity index (χ0n) is 13.4. The molecule has 0 radical (unpaired) electrons. The van der Waals surface area contributed by atoms with Gasteiger partial charge in [-0.15, -0.1) is 0 Å². The average molecular weight is 324 g/mol. The van der Waals surface area contributed by atoms with E-state index in [0.29, 0.717) is 0 Å². The highest BCUT2D eigenvalue weighted by atomic mass is 32.2. The second kappa shape index (κ2) is 5.97. The van der Waals surface area contributed by atoms with Crippen molar-refractivity contribution in [1.82, 2.24) is 3.97 Å². The molecule has 0 aliphatic heterocycles. The van der Waals surface area contributed by atoms with Crippen molar-refractivity contribution in [3.63, 3.8) is 0 Å². The van der Waals surface area contributed by atoms with Gasteiger partial charge in [0.05, 0.1) is 11.3 Å². The Bertz CT molecular complexity index is 726. The molecule has 5 heteroatoms. The first-order chi connectivity index (χ1) is 9.74.